The molecule has 256 valence electrons. The van der Waals surface area contributed by atoms with Gasteiger partial charge in [0.05, 0.1) is 54.9 Å². The summed E-state index contributed by atoms with van der Waals surface area (Å²) in [7, 11) is -2.18. The summed E-state index contributed by atoms with van der Waals surface area (Å²) in [5.74, 6) is -2.66. The molecule has 0 radical (unpaired) electrons. The SMILES string of the molecule is C=CC=C.C[N+](CCN)(CCN)CS(=O)(=O)CC(N)C(=O)NC(Cc1ccc(C(F)(F)F)cc1)C(=O)Nc1cnc2ccccc2c1. The molecule has 0 saturated heterocycles. The monoisotopic (exact) mass is 678 g/mol. The van der Waals surface area contributed by atoms with E-state index in [1.54, 1.807) is 43.5 Å². The number of nitrogens with one attached hydrogen (secondary N) is 2. The van der Waals surface area contributed by atoms with E-state index in [0.29, 0.717) is 29.9 Å². The smallest absolute Gasteiger partial charge is 0.343 e. The lowest BCUT2D eigenvalue weighted by Crippen LogP contribution is -2.56. The van der Waals surface area contributed by atoms with Crippen molar-refractivity contribution in [2.45, 2.75) is 24.7 Å². The van der Waals surface area contributed by atoms with Gasteiger partial charge in [-0.1, -0.05) is 55.6 Å². The molecule has 0 aliphatic rings. The number of para-hydroxylation sites is 1. The van der Waals surface area contributed by atoms with Crippen molar-refractivity contribution < 1.29 is 35.7 Å². The molecular formula is C32H43F3N7O4S+. The van der Waals surface area contributed by atoms with E-state index in [0.717, 1.165) is 17.5 Å². The molecule has 15 heteroatoms. The van der Waals surface area contributed by atoms with Crippen LogP contribution in [0.15, 0.2) is 86.1 Å². The van der Waals surface area contributed by atoms with Gasteiger partial charge in [-0.25, -0.2) is 8.42 Å². The number of nitrogens with zero attached hydrogens (tertiary/aromatic N) is 2. The number of carbonyl (C=O) groups excluding carboxylic acids is 2. The van der Waals surface area contributed by atoms with Gasteiger partial charge >= 0.3 is 6.18 Å². The zero-order chi connectivity index (χ0) is 35.3. The molecule has 2 amide bonds. The van der Waals surface area contributed by atoms with Crippen LogP contribution in [0.2, 0.25) is 0 Å². The predicted octanol–water partition coefficient (Wildman–Crippen LogP) is 2.34. The zero-order valence-corrected chi connectivity index (χ0v) is 27.1. The fourth-order valence-corrected chi connectivity index (χ4v) is 6.68. The van der Waals surface area contributed by atoms with Crippen LogP contribution in [0, 0.1) is 0 Å². The summed E-state index contributed by atoms with van der Waals surface area (Å²) in [5.41, 5.74) is 17.7. The molecule has 2 aromatic carbocycles. The van der Waals surface area contributed by atoms with Crippen LogP contribution in [-0.2, 0) is 32.0 Å². The third kappa shape index (κ3) is 12.9. The molecule has 2 unspecified atom stereocenters. The first-order valence-electron chi connectivity index (χ1n) is 14.6. The van der Waals surface area contributed by atoms with Gasteiger partial charge in [-0.15, -0.1) is 0 Å². The number of aromatic nitrogens is 1. The van der Waals surface area contributed by atoms with Crippen molar-refractivity contribution in [3.63, 3.8) is 0 Å². The number of likely N-dealkylation sites (N-methyl/N-ethyl adjacent to an activating group) is 1. The van der Waals surface area contributed by atoms with E-state index in [1.807, 2.05) is 6.07 Å². The number of quaternary nitrogens is 1. The maximum absolute atomic E-state index is 13.3. The summed E-state index contributed by atoms with van der Waals surface area (Å²) in [5, 5.41) is 5.88. The normalized spacial score (nSPS) is 13.1. The average molecular weight is 679 g/mol. The number of rotatable bonds is 15. The predicted molar refractivity (Wildman–Crippen MR) is 179 cm³/mol. The maximum atomic E-state index is 13.3. The van der Waals surface area contributed by atoms with Crippen LogP contribution >= 0.6 is 0 Å². The number of halogens is 3. The van der Waals surface area contributed by atoms with Gasteiger partial charge < -0.3 is 32.3 Å². The van der Waals surface area contributed by atoms with Crippen LogP contribution in [0.1, 0.15) is 11.1 Å². The Morgan fingerprint density at radius 3 is 2.15 bits per heavy atom. The highest BCUT2D eigenvalue weighted by Gasteiger charge is 2.33. The Labute approximate surface area is 273 Å². The number of sulfone groups is 1. The van der Waals surface area contributed by atoms with E-state index in [1.165, 1.54) is 18.3 Å². The molecule has 0 bridgehead atoms. The van der Waals surface area contributed by atoms with Gasteiger partial charge in [0.25, 0.3) is 0 Å². The number of amides is 2. The molecule has 3 aromatic rings. The van der Waals surface area contributed by atoms with E-state index >= 15 is 0 Å². The van der Waals surface area contributed by atoms with Crippen molar-refractivity contribution >= 4 is 38.2 Å². The number of fused-ring (bicyclic) bond motifs is 1. The molecule has 1 heterocycles. The minimum absolute atomic E-state index is 0.0441. The van der Waals surface area contributed by atoms with Gasteiger partial charge in [0.1, 0.15) is 6.04 Å². The summed E-state index contributed by atoms with van der Waals surface area (Å²) < 4.78 is 65.1. The Bertz CT molecular complexity index is 1600. The summed E-state index contributed by atoms with van der Waals surface area (Å²) in [6.45, 7) is 7.87. The number of carbonyl (C=O) groups is 2. The third-order valence-electron chi connectivity index (χ3n) is 7.00. The first-order valence-corrected chi connectivity index (χ1v) is 16.4. The quantitative estimate of drug-likeness (QED) is 0.120. The van der Waals surface area contributed by atoms with Crippen LogP contribution < -0.4 is 27.8 Å². The first-order chi connectivity index (χ1) is 22.1. The molecule has 11 nitrogen and oxygen atoms in total. The van der Waals surface area contributed by atoms with E-state index in [9.17, 15) is 31.2 Å². The van der Waals surface area contributed by atoms with Crippen molar-refractivity contribution in [1.82, 2.24) is 10.3 Å². The number of hydrogen-bond acceptors (Lipinski definition) is 8. The molecule has 3 rings (SSSR count). The molecular weight excluding hydrogens is 635 g/mol. The van der Waals surface area contributed by atoms with Crippen molar-refractivity contribution in [2.75, 3.05) is 50.2 Å². The number of nitrogens with two attached hydrogens (primary N) is 3. The Morgan fingerprint density at radius 2 is 1.60 bits per heavy atom. The Hall–Kier alpha value is -4.15. The largest absolute Gasteiger partial charge is 0.416 e. The lowest BCUT2D eigenvalue weighted by molar-refractivity contribution is -0.895. The summed E-state index contributed by atoms with van der Waals surface area (Å²) in [4.78, 5) is 30.7. The average Bonchev–Trinajstić information content (AvgIpc) is 3.00. The fourth-order valence-electron chi connectivity index (χ4n) is 4.66. The lowest BCUT2D eigenvalue weighted by atomic mass is 10.0. The Morgan fingerprint density at radius 1 is 1.00 bits per heavy atom. The fraction of sp³-hybridized carbons (Fsp3) is 0.344. The highest BCUT2D eigenvalue weighted by Crippen LogP contribution is 2.29. The summed E-state index contributed by atoms with van der Waals surface area (Å²) in [6.07, 6.45) is -0.0421. The second-order valence-electron chi connectivity index (χ2n) is 11.1. The first kappa shape index (κ1) is 39.0. The molecule has 8 N–H and O–H groups in total. The highest BCUT2D eigenvalue weighted by atomic mass is 32.2. The minimum Gasteiger partial charge on any atom is -0.343 e. The van der Waals surface area contributed by atoms with Gasteiger partial charge in [-0.3, -0.25) is 14.6 Å². The van der Waals surface area contributed by atoms with E-state index < -0.39 is 51.2 Å². The second-order valence-corrected chi connectivity index (χ2v) is 13.2. The molecule has 0 aliphatic carbocycles. The number of benzene rings is 2. The summed E-state index contributed by atoms with van der Waals surface area (Å²) in [6, 6.07) is 10.2. The topological polar surface area (TPSA) is 183 Å². The molecule has 47 heavy (non-hydrogen) atoms. The molecule has 0 fully saturated rings. The van der Waals surface area contributed by atoms with Gasteiger partial charge in [0.2, 0.25) is 21.7 Å². The molecule has 0 saturated carbocycles. The third-order valence-corrected chi connectivity index (χ3v) is 8.88. The number of anilines is 1. The van der Waals surface area contributed by atoms with Gasteiger partial charge in [-0.2, -0.15) is 13.2 Å². The van der Waals surface area contributed by atoms with E-state index in [-0.39, 0.29) is 29.9 Å². The molecule has 2 atom stereocenters. The minimum atomic E-state index is -4.55. The molecule has 1 aromatic heterocycles. The van der Waals surface area contributed by atoms with Crippen molar-refractivity contribution in [1.29, 1.82) is 0 Å². The van der Waals surface area contributed by atoms with Crippen LogP contribution in [0.3, 0.4) is 0 Å². The molecule has 0 spiro atoms. The number of allylic oxidation sites excluding steroid dienone is 2. The van der Waals surface area contributed by atoms with Crippen molar-refractivity contribution in [2.24, 2.45) is 17.2 Å². The maximum Gasteiger partial charge on any atom is 0.416 e. The van der Waals surface area contributed by atoms with Crippen molar-refractivity contribution in [3.05, 3.63) is 97.2 Å². The van der Waals surface area contributed by atoms with Gasteiger partial charge in [0.15, 0.2) is 5.88 Å². The summed E-state index contributed by atoms with van der Waals surface area (Å²) >= 11 is 0. The van der Waals surface area contributed by atoms with E-state index in [4.69, 9.17) is 17.2 Å². The van der Waals surface area contributed by atoms with Crippen molar-refractivity contribution in [3.8, 4) is 0 Å². The van der Waals surface area contributed by atoms with Crippen LogP contribution in [-0.4, -0.2) is 86.6 Å². The van der Waals surface area contributed by atoms with Gasteiger partial charge in [0, 0.05) is 24.9 Å². The number of pyridine rings is 1. The van der Waals surface area contributed by atoms with E-state index in [2.05, 4.69) is 28.8 Å². The lowest BCUT2D eigenvalue weighted by Gasteiger charge is -2.33. The van der Waals surface area contributed by atoms with Crippen LogP contribution in [0.4, 0.5) is 18.9 Å². The Kier molecular flexibility index (Phi) is 14.7. The second kappa shape index (κ2) is 17.7. The standard InChI is InChI=1S/C28H36F3N7O4S.C4H6/c1-38(12-10-32,13-11-33)18-43(41,42)17-23(34)26(39)37-25(14-19-6-8-21(9-7-19)28(29,30)31)27(40)36-22-15-20-4-2-3-5-24(20)35-16-22;1-3-4-2/h2-9,15-16,23,25H,10-14,17-18,32-34H2,1H3,(H-,36,37,39,40);3-4H,1-2H2/p+1. The van der Waals surface area contributed by atoms with Crippen LogP contribution in [0.5, 0.6) is 0 Å². The van der Waals surface area contributed by atoms with Crippen LogP contribution in [0.25, 0.3) is 10.9 Å². The number of hydrogen-bond donors (Lipinski definition) is 5. The Balaban J connectivity index is 0.00000181. The molecule has 0 aliphatic heterocycles. The number of alkyl halides is 3. The van der Waals surface area contributed by atoms with Gasteiger partial charge in [-0.05, 0) is 29.8 Å². The zero-order valence-electron chi connectivity index (χ0n) is 26.2. The highest BCUT2D eigenvalue weighted by molar-refractivity contribution is 7.91.